The normalized spacial score (nSPS) is 23.9. The third kappa shape index (κ3) is 6.74. The minimum absolute atomic E-state index is 0.164. The number of hydrogen-bond acceptors (Lipinski definition) is 5. The highest BCUT2D eigenvalue weighted by atomic mass is 35.5. The van der Waals surface area contributed by atoms with Gasteiger partial charge in [0.2, 0.25) is 0 Å². The molecule has 7 nitrogen and oxygen atoms in total. The lowest BCUT2D eigenvalue weighted by Gasteiger charge is -2.42. The Morgan fingerprint density at radius 3 is 2.60 bits per heavy atom. The number of anilines is 2. The molecule has 0 aromatic heterocycles. The number of halogens is 2. The molecule has 5 rings (SSSR count). The summed E-state index contributed by atoms with van der Waals surface area (Å²) in [7, 11) is 0. The molecule has 3 atom stereocenters. The average Bonchev–Trinajstić information content (AvgIpc) is 3.69. The molecule has 2 aromatic carbocycles. The Morgan fingerprint density at radius 2 is 1.93 bits per heavy atom. The van der Waals surface area contributed by atoms with E-state index in [2.05, 4.69) is 28.4 Å². The van der Waals surface area contributed by atoms with Gasteiger partial charge < -0.3 is 25.6 Å². The molecule has 3 fully saturated rings. The largest absolute Gasteiger partial charge is 0.444 e. The average molecular weight is 629 g/mol. The van der Waals surface area contributed by atoms with Crippen LogP contribution in [0.15, 0.2) is 36.4 Å². The highest BCUT2D eigenvalue weighted by molar-refractivity contribution is 7.80. The van der Waals surface area contributed by atoms with Crippen LogP contribution in [0.2, 0.25) is 10.0 Å². The number of amides is 1. The second-order valence-corrected chi connectivity index (χ2v) is 14.2. The molecular formula is C32H39Cl2N5O2S. The monoisotopic (exact) mass is 627 g/mol. The molecule has 2 saturated carbocycles. The zero-order chi connectivity index (χ0) is 30.2. The van der Waals surface area contributed by atoms with E-state index < -0.39 is 5.60 Å². The second kappa shape index (κ2) is 12.1. The standard InChI is InChI=1S/C32H39Cl2N5O2S/c1-31(2,3)41-30(40)38-11-8-20(9-12-38)19-39(29(42)37-28-16-26(34)25(33)15-27(28)36)24-7-10-32(17-23(32)14-24)22-6-4-5-21(13-22)18-35/h4-6,13,15-16,20,23-24H,7-12,14,17,19,36H2,1-3H3,(H,37,42)/t23?,24-,32-/m1/s1. The summed E-state index contributed by atoms with van der Waals surface area (Å²) in [4.78, 5) is 16.8. The molecule has 10 heteroatoms. The molecule has 1 aliphatic heterocycles. The van der Waals surface area contributed by atoms with Crippen molar-refractivity contribution in [2.24, 2.45) is 11.8 Å². The van der Waals surface area contributed by atoms with Crippen molar-refractivity contribution in [2.75, 3.05) is 30.7 Å². The van der Waals surface area contributed by atoms with Crippen molar-refractivity contribution in [3.8, 4) is 6.07 Å². The summed E-state index contributed by atoms with van der Waals surface area (Å²) < 4.78 is 5.60. The molecule has 3 N–H and O–H groups in total. The molecule has 0 bridgehead atoms. The number of rotatable bonds is 5. The number of nitrogens with one attached hydrogen (secondary N) is 1. The number of thiocarbonyl (C=S) groups is 1. The number of nitrogen functional groups attached to an aromatic ring is 1. The van der Waals surface area contributed by atoms with Gasteiger partial charge in [0.1, 0.15) is 5.60 Å². The molecule has 224 valence electrons. The van der Waals surface area contributed by atoms with E-state index in [1.807, 2.05) is 37.8 Å². The van der Waals surface area contributed by atoms with Gasteiger partial charge in [-0.05, 0) is 119 Å². The zero-order valence-corrected chi connectivity index (χ0v) is 26.8. The van der Waals surface area contributed by atoms with E-state index >= 15 is 0 Å². The highest BCUT2D eigenvalue weighted by Gasteiger charge is 2.58. The Morgan fingerprint density at radius 1 is 1.21 bits per heavy atom. The van der Waals surface area contributed by atoms with Crippen LogP contribution >= 0.6 is 35.4 Å². The van der Waals surface area contributed by atoms with Crippen LogP contribution < -0.4 is 11.1 Å². The summed E-state index contributed by atoms with van der Waals surface area (Å²) in [5.41, 5.74) is 9.06. The first-order valence-corrected chi connectivity index (χ1v) is 15.9. The van der Waals surface area contributed by atoms with Crippen LogP contribution in [-0.2, 0) is 10.2 Å². The van der Waals surface area contributed by atoms with E-state index in [0.717, 1.165) is 50.6 Å². The molecule has 42 heavy (non-hydrogen) atoms. The van der Waals surface area contributed by atoms with Crippen molar-refractivity contribution in [3.05, 3.63) is 57.6 Å². The summed E-state index contributed by atoms with van der Waals surface area (Å²) in [5, 5.41) is 14.2. The lowest BCUT2D eigenvalue weighted by molar-refractivity contribution is 0.0171. The van der Waals surface area contributed by atoms with E-state index in [1.165, 1.54) is 5.56 Å². The molecule has 1 amide bonds. The number of piperidine rings is 1. The van der Waals surface area contributed by atoms with Crippen molar-refractivity contribution in [2.45, 2.75) is 76.4 Å². The third-order valence-electron chi connectivity index (χ3n) is 9.04. The van der Waals surface area contributed by atoms with Crippen molar-refractivity contribution >= 4 is 58.0 Å². The van der Waals surface area contributed by atoms with Crippen molar-refractivity contribution in [1.29, 1.82) is 5.26 Å². The van der Waals surface area contributed by atoms with Crippen LogP contribution in [0.1, 0.15) is 70.4 Å². The quantitative estimate of drug-likeness (QED) is 0.260. The molecular weight excluding hydrogens is 589 g/mol. The Hall–Kier alpha value is -2.73. The van der Waals surface area contributed by atoms with Crippen LogP contribution in [0.4, 0.5) is 16.2 Å². The zero-order valence-electron chi connectivity index (χ0n) is 24.5. The number of likely N-dealkylation sites (tertiary alicyclic amines) is 1. The lowest BCUT2D eigenvalue weighted by Crippen LogP contribution is -2.49. The van der Waals surface area contributed by atoms with Gasteiger partial charge in [0.25, 0.3) is 0 Å². The van der Waals surface area contributed by atoms with Crippen LogP contribution in [0.25, 0.3) is 0 Å². The molecule has 0 spiro atoms. The second-order valence-electron chi connectivity index (χ2n) is 13.0. The van der Waals surface area contributed by atoms with E-state index in [9.17, 15) is 10.1 Å². The predicted octanol–water partition coefficient (Wildman–Crippen LogP) is 7.60. The number of carbonyl (C=O) groups excluding carboxylic acids is 1. The van der Waals surface area contributed by atoms with Gasteiger partial charge in [-0.25, -0.2) is 4.79 Å². The van der Waals surface area contributed by atoms with Gasteiger partial charge >= 0.3 is 6.09 Å². The van der Waals surface area contributed by atoms with Gasteiger partial charge in [0, 0.05) is 25.7 Å². The molecule has 1 heterocycles. The molecule has 2 aliphatic carbocycles. The Kier molecular flexibility index (Phi) is 8.85. The fourth-order valence-corrected chi connectivity index (χ4v) is 7.37. The molecule has 2 aromatic rings. The fraction of sp³-hybridized carbons (Fsp3) is 0.531. The van der Waals surface area contributed by atoms with E-state index in [1.54, 1.807) is 12.1 Å². The first kappa shape index (κ1) is 30.7. The molecule has 1 unspecified atom stereocenters. The van der Waals surface area contributed by atoms with Crippen molar-refractivity contribution in [1.82, 2.24) is 9.80 Å². The number of fused-ring (bicyclic) bond motifs is 1. The van der Waals surface area contributed by atoms with E-state index in [0.29, 0.717) is 51.5 Å². The third-order valence-corrected chi connectivity index (χ3v) is 10.1. The summed E-state index contributed by atoms with van der Waals surface area (Å²) >= 11 is 18.5. The van der Waals surface area contributed by atoms with Gasteiger partial charge in [-0.15, -0.1) is 0 Å². The van der Waals surface area contributed by atoms with Crippen LogP contribution in [0.3, 0.4) is 0 Å². The number of nitriles is 1. The number of nitrogens with zero attached hydrogens (tertiary/aromatic N) is 3. The smallest absolute Gasteiger partial charge is 0.410 e. The topological polar surface area (TPSA) is 94.6 Å². The number of carbonyl (C=O) groups is 1. The Balaban J connectivity index is 1.30. The van der Waals surface area contributed by atoms with Gasteiger partial charge in [-0.2, -0.15) is 5.26 Å². The van der Waals surface area contributed by atoms with E-state index in [-0.39, 0.29) is 17.6 Å². The molecule has 0 radical (unpaired) electrons. The SMILES string of the molecule is CC(C)(C)OC(=O)N1CCC(CN(C(=S)Nc2cc(Cl)c(Cl)cc2N)[C@@H]2CC[C@]3(c4cccc(C#N)c4)CC3C2)CC1. The first-order chi connectivity index (χ1) is 19.9. The fourth-order valence-electron chi connectivity index (χ4n) is 6.70. The summed E-state index contributed by atoms with van der Waals surface area (Å²) in [6.07, 6.45) is 5.75. The first-order valence-electron chi connectivity index (χ1n) is 14.7. The summed E-state index contributed by atoms with van der Waals surface area (Å²) in [6.45, 7) is 7.80. The van der Waals surface area contributed by atoms with Gasteiger partial charge in [-0.1, -0.05) is 35.3 Å². The summed E-state index contributed by atoms with van der Waals surface area (Å²) in [5.74, 6) is 0.937. The van der Waals surface area contributed by atoms with Crippen LogP contribution in [0.5, 0.6) is 0 Å². The summed E-state index contributed by atoms with van der Waals surface area (Å²) in [6, 6.07) is 14.0. The number of ether oxygens (including phenoxy) is 1. The maximum Gasteiger partial charge on any atom is 0.410 e. The minimum atomic E-state index is -0.510. The Bertz CT molecular complexity index is 1400. The number of benzene rings is 2. The lowest BCUT2D eigenvalue weighted by atomic mass is 9.79. The number of nitrogens with two attached hydrogens (primary N) is 1. The number of hydrogen-bond donors (Lipinski definition) is 2. The van der Waals surface area contributed by atoms with Crippen molar-refractivity contribution < 1.29 is 9.53 Å². The van der Waals surface area contributed by atoms with Crippen LogP contribution in [0, 0.1) is 23.2 Å². The maximum absolute atomic E-state index is 12.6. The molecule has 1 saturated heterocycles. The molecule has 3 aliphatic rings. The maximum atomic E-state index is 12.6. The highest BCUT2D eigenvalue weighted by Crippen LogP contribution is 2.63. The van der Waals surface area contributed by atoms with Crippen molar-refractivity contribution in [3.63, 3.8) is 0 Å². The minimum Gasteiger partial charge on any atom is -0.444 e. The Labute approximate surface area is 264 Å². The predicted molar refractivity (Wildman–Crippen MR) is 173 cm³/mol. The van der Waals surface area contributed by atoms with Crippen LogP contribution in [-0.4, -0.2) is 52.3 Å². The van der Waals surface area contributed by atoms with Gasteiger partial charge in [0.15, 0.2) is 5.11 Å². The van der Waals surface area contributed by atoms with Gasteiger partial charge in [-0.3, -0.25) is 0 Å². The van der Waals surface area contributed by atoms with E-state index in [4.69, 9.17) is 45.9 Å². The van der Waals surface area contributed by atoms with Gasteiger partial charge in [0.05, 0.1) is 33.1 Å².